The molecule has 0 aliphatic carbocycles. The number of benzene rings is 2. The fraction of sp³-hybridized carbons (Fsp3) is 0.250. The number of carbonyl (C=O) groups excluding carboxylic acids is 2. The lowest BCUT2D eigenvalue weighted by atomic mass is 10.1. The van der Waals surface area contributed by atoms with Gasteiger partial charge in [-0.2, -0.15) is 5.26 Å². The molecule has 1 fully saturated rings. The predicted molar refractivity (Wildman–Crippen MR) is 114 cm³/mol. The van der Waals surface area contributed by atoms with Gasteiger partial charge in [-0.3, -0.25) is 9.59 Å². The van der Waals surface area contributed by atoms with Crippen LogP contribution in [0.2, 0.25) is 5.02 Å². The maximum Gasteiger partial charge on any atom is 0.242 e. The maximum absolute atomic E-state index is 13.5. The number of likely N-dealkylation sites (N-methyl/N-ethyl adjacent to an activating group) is 1. The van der Waals surface area contributed by atoms with E-state index in [1.807, 2.05) is 6.07 Å². The number of halogens is 2. The fourth-order valence-electron chi connectivity index (χ4n) is 2.94. The van der Waals surface area contributed by atoms with Crippen LogP contribution in [-0.2, 0) is 16.1 Å². The molecule has 0 saturated carbocycles. The molecule has 2 amide bonds. The molecule has 2 aromatic carbocycles. The Morgan fingerprint density at radius 1 is 1.33 bits per heavy atom. The first-order valence-electron chi connectivity index (χ1n) is 9.05. The van der Waals surface area contributed by atoms with Gasteiger partial charge in [0.15, 0.2) is 0 Å². The van der Waals surface area contributed by atoms with Gasteiger partial charge in [-0.05, 0) is 49.4 Å². The van der Waals surface area contributed by atoms with Gasteiger partial charge >= 0.3 is 0 Å². The highest BCUT2D eigenvalue weighted by Crippen LogP contribution is 2.23. The van der Waals surface area contributed by atoms with Crippen molar-refractivity contribution in [3.63, 3.8) is 0 Å². The van der Waals surface area contributed by atoms with Gasteiger partial charge in [0.2, 0.25) is 11.8 Å². The minimum atomic E-state index is -0.651. The Morgan fingerprint density at radius 3 is 2.87 bits per heavy atom. The second kappa shape index (κ2) is 9.91. The molecule has 1 saturated heterocycles. The van der Waals surface area contributed by atoms with Crippen LogP contribution in [0.5, 0.6) is 0 Å². The molecule has 0 spiro atoms. The molecule has 1 heterocycles. The van der Waals surface area contributed by atoms with Crippen LogP contribution in [0.4, 0.5) is 10.1 Å². The average Bonchev–Trinajstić information content (AvgIpc) is 2.73. The maximum atomic E-state index is 13.5. The van der Waals surface area contributed by atoms with Gasteiger partial charge in [0, 0.05) is 29.4 Å². The van der Waals surface area contributed by atoms with Gasteiger partial charge in [0.1, 0.15) is 17.9 Å². The molecule has 2 aromatic rings. The van der Waals surface area contributed by atoms with Crippen LogP contribution >= 0.6 is 23.7 Å². The Hall–Kier alpha value is -2.64. The Kier molecular flexibility index (Phi) is 7.29. The monoisotopic (exact) mass is 447 g/mol. The van der Waals surface area contributed by atoms with Crippen LogP contribution in [0.1, 0.15) is 17.5 Å². The fourth-order valence-corrected chi connectivity index (χ4v) is 3.96. The lowest BCUT2D eigenvalue weighted by Crippen LogP contribution is -2.53. The van der Waals surface area contributed by atoms with Crippen molar-refractivity contribution >= 4 is 41.2 Å². The number of hydrogen-bond acceptors (Lipinski definition) is 6. The number of amides is 2. The van der Waals surface area contributed by atoms with E-state index in [1.165, 1.54) is 12.1 Å². The summed E-state index contributed by atoms with van der Waals surface area (Å²) in [5, 5.41) is 15.0. The third-order valence-corrected chi connectivity index (χ3v) is 5.73. The van der Waals surface area contributed by atoms with Gasteiger partial charge < -0.3 is 10.6 Å². The molecule has 2 unspecified atom stereocenters. The van der Waals surface area contributed by atoms with E-state index in [0.717, 1.165) is 23.8 Å². The third-order valence-electron chi connectivity index (χ3n) is 4.57. The summed E-state index contributed by atoms with van der Waals surface area (Å²) in [6, 6.07) is 11.5. The molecule has 1 aliphatic rings. The van der Waals surface area contributed by atoms with Gasteiger partial charge in [0.05, 0.1) is 11.6 Å². The van der Waals surface area contributed by atoms with E-state index >= 15 is 0 Å². The summed E-state index contributed by atoms with van der Waals surface area (Å²) in [4.78, 5) is 25.3. The van der Waals surface area contributed by atoms with Crippen molar-refractivity contribution in [1.29, 1.82) is 5.26 Å². The number of nitriles is 1. The molecular weight excluding hydrogens is 429 g/mol. The summed E-state index contributed by atoms with van der Waals surface area (Å²) in [5.41, 5.74) is 1.03. The number of hydrogen-bond donors (Lipinski definition) is 3. The second-order valence-electron chi connectivity index (χ2n) is 6.70. The second-order valence-corrected chi connectivity index (χ2v) is 8.13. The molecule has 0 radical (unpaired) electrons. The van der Waals surface area contributed by atoms with Crippen LogP contribution < -0.4 is 15.4 Å². The van der Waals surface area contributed by atoms with Gasteiger partial charge in [-0.15, -0.1) is 0 Å². The lowest BCUT2D eigenvalue weighted by molar-refractivity contribution is -0.124. The number of carbonyl (C=O) groups is 2. The summed E-state index contributed by atoms with van der Waals surface area (Å²) in [6.45, 7) is 0.321. The summed E-state index contributed by atoms with van der Waals surface area (Å²) >= 11 is 7.12. The van der Waals surface area contributed by atoms with Crippen LogP contribution in [0.25, 0.3) is 0 Å². The van der Waals surface area contributed by atoms with Crippen molar-refractivity contribution in [1.82, 2.24) is 14.3 Å². The number of nitrogens with zero attached hydrogens (tertiary/aromatic N) is 2. The smallest absolute Gasteiger partial charge is 0.242 e. The van der Waals surface area contributed by atoms with Crippen molar-refractivity contribution in [2.24, 2.45) is 0 Å². The molecule has 1 aliphatic heterocycles. The lowest BCUT2D eigenvalue weighted by Gasteiger charge is -2.34. The molecular formula is C20H19ClFN5O2S. The summed E-state index contributed by atoms with van der Waals surface area (Å²) < 4.78 is 18.2. The van der Waals surface area contributed by atoms with E-state index in [-0.39, 0.29) is 23.8 Å². The van der Waals surface area contributed by atoms with Gasteiger partial charge in [0.25, 0.3) is 0 Å². The van der Waals surface area contributed by atoms with E-state index in [1.54, 1.807) is 35.6 Å². The zero-order valence-corrected chi connectivity index (χ0v) is 17.6. The minimum absolute atomic E-state index is 0.154. The zero-order valence-electron chi connectivity index (χ0n) is 16.0. The van der Waals surface area contributed by atoms with Crippen molar-refractivity contribution in [3.05, 3.63) is 64.4 Å². The van der Waals surface area contributed by atoms with Crippen LogP contribution in [0.15, 0.2) is 42.5 Å². The molecule has 156 valence electrons. The largest absolute Gasteiger partial charge is 0.351 e. The molecule has 0 aromatic heterocycles. The highest BCUT2D eigenvalue weighted by molar-refractivity contribution is 7.95. The minimum Gasteiger partial charge on any atom is -0.351 e. The van der Waals surface area contributed by atoms with E-state index < -0.39 is 17.9 Å². The normalized spacial score (nSPS) is 19.0. The van der Waals surface area contributed by atoms with Crippen molar-refractivity contribution < 1.29 is 14.0 Å². The zero-order chi connectivity index (χ0) is 21.7. The predicted octanol–water partition coefficient (Wildman–Crippen LogP) is 2.83. The molecule has 0 bridgehead atoms. The van der Waals surface area contributed by atoms with E-state index in [0.29, 0.717) is 17.3 Å². The summed E-state index contributed by atoms with van der Waals surface area (Å²) in [6.07, 6.45) is 0.239. The molecule has 3 N–H and O–H groups in total. The SMILES string of the molecule is CN1SNC(C(=O)NCc2cccc(Cl)c2)CC1C(=O)Nc1ccc(F)c(C#N)c1. The van der Waals surface area contributed by atoms with Crippen LogP contribution in [-0.4, -0.2) is 35.3 Å². The van der Waals surface area contributed by atoms with E-state index in [4.69, 9.17) is 16.9 Å². The Balaban J connectivity index is 1.61. The molecule has 10 heteroatoms. The Labute approximate surface area is 182 Å². The summed E-state index contributed by atoms with van der Waals surface area (Å²) in [7, 11) is 1.73. The van der Waals surface area contributed by atoms with E-state index in [9.17, 15) is 14.0 Å². The topological polar surface area (TPSA) is 97.3 Å². The highest BCUT2D eigenvalue weighted by Gasteiger charge is 2.35. The highest BCUT2D eigenvalue weighted by atomic mass is 35.5. The first-order chi connectivity index (χ1) is 14.4. The number of anilines is 1. The van der Waals surface area contributed by atoms with Gasteiger partial charge in [-0.25, -0.2) is 13.4 Å². The van der Waals surface area contributed by atoms with E-state index in [2.05, 4.69) is 15.4 Å². The molecule has 7 nitrogen and oxygen atoms in total. The first-order valence-corrected chi connectivity index (χ1v) is 10.2. The van der Waals surface area contributed by atoms with Gasteiger partial charge in [-0.1, -0.05) is 23.7 Å². The van der Waals surface area contributed by atoms with Crippen LogP contribution in [0, 0.1) is 17.1 Å². The van der Waals surface area contributed by atoms with Crippen LogP contribution in [0.3, 0.4) is 0 Å². The Morgan fingerprint density at radius 2 is 2.13 bits per heavy atom. The molecule has 30 heavy (non-hydrogen) atoms. The number of rotatable bonds is 5. The molecule has 3 rings (SSSR count). The standard InChI is InChI=1S/C20H19ClFN5O2S/c1-27-18(20(29)25-15-5-6-16(22)13(8-15)10-23)9-17(26-30-27)19(28)24-11-12-3-2-4-14(21)7-12/h2-8,17-18,26H,9,11H2,1H3,(H,24,28)(H,25,29). The summed E-state index contributed by atoms with van der Waals surface area (Å²) in [5.74, 6) is -1.24. The first kappa shape index (κ1) is 22.1. The van der Waals surface area contributed by atoms with Crippen molar-refractivity contribution in [2.45, 2.75) is 25.0 Å². The quantitative estimate of drug-likeness (QED) is 0.610. The Bertz CT molecular complexity index is 999. The van der Waals surface area contributed by atoms with Crippen molar-refractivity contribution in [2.75, 3.05) is 12.4 Å². The average molecular weight is 448 g/mol. The molecule has 2 atom stereocenters. The number of nitrogens with one attached hydrogen (secondary N) is 3. The third kappa shape index (κ3) is 5.49. The van der Waals surface area contributed by atoms with Crippen molar-refractivity contribution in [3.8, 4) is 6.07 Å².